The third-order valence-electron chi connectivity index (χ3n) is 3.92. The lowest BCUT2D eigenvalue weighted by molar-refractivity contribution is 0.0743. The van der Waals surface area contributed by atoms with E-state index in [1.165, 1.54) is 24.8 Å². The number of likely N-dealkylation sites (tertiary alicyclic amines) is 1. The van der Waals surface area contributed by atoms with Crippen LogP contribution in [-0.4, -0.2) is 30.4 Å². The SMILES string of the molecule is CCNc1cc(C)ccc1C(=O)N1CCCCCCC1. The lowest BCUT2D eigenvalue weighted by atomic mass is 10.1. The quantitative estimate of drug-likeness (QED) is 0.908. The van der Waals surface area contributed by atoms with Crippen LogP contribution in [0.1, 0.15) is 54.9 Å². The van der Waals surface area contributed by atoms with Gasteiger partial charge in [-0.3, -0.25) is 4.79 Å². The minimum absolute atomic E-state index is 0.183. The van der Waals surface area contributed by atoms with Crippen molar-refractivity contribution >= 4 is 11.6 Å². The number of hydrogen-bond donors (Lipinski definition) is 1. The number of amides is 1. The van der Waals surface area contributed by atoms with Gasteiger partial charge in [0.1, 0.15) is 0 Å². The van der Waals surface area contributed by atoms with Crippen molar-refractivity contribution in [1.29, 1.82) is 0 Å². The van der Waals surface area contributed by atoms with E-state index >= 15 is 0 Å². The molecule has 0 saturated carbocycles. The lowest BCUT2D eigenvalue weighted by Crippen LogP contribution is -2.34. The molecule has 0 atom stereocenters. The molecule has 20 heavy (non-hydrogen) atoms. The van der Waals surface area contributed by atoms with E-state index in [-0.39, 0.29) is 5.91 Å². The summed E-state index contributed by atoms with van der Waals surface area (Å²) in [6.45, 7) is 6.76. The first-order chi connectivity index (χ1) is 9.72. The standard InChI is InChI=1S/C17H26N2O/c1-3-18-16-13-14(2)9-10-15(16)17(20)19-11-7-5-4-6-8-12-19/h9-10,13,18H,3-8,11-12H2,1-2H3. The fraction of sp³-hybridized carbons (Fsp3) is 0.588. The lowest BCUT2D eigenvalue weighted by Gasteiger charge is -2.26. The molecule has 1 aliphatic rings. The van der Waals surface area contributed by atoms with Gasteiger partial charge in [-0.25, -0.2) is 0 Å². The third kappa shape index (κ3) is 3.75. The Hall–Kier alpha value is -1.51. The number of hydrogen-bond acceptors (Lipinski definition) is 2. The molecule has 1 heterocycles. The first kappa shape index (κ1) is 14.9. The number of anilines is 1. The molecule has 1 aromatic rings. The van der Waals surface area contributed by atoms with Crippen molar-refractivity contribution < 1.29 is 4.79 Å². The van der Waals surface area contributed by atoms with E-state index in [1.54, 1.807) is 0 Å². The van der Waals surface area contributed by atoms with Gasteiger partial charge in [-0.15, -0.1) is 0 Å². The van der Waals surface area contributed by atoms with Crippen molar-refractivity contribution in [1.82, 2.24) is 4.90 Å². The maximum atomic E-state index is 12.8. The second-order valence-corrected chi connectivity index (χ2v) is 5.64. The normalized spacial score (nSPS) is 16.4. The first-order valence-corrected chi connectivity index (χ1v) is 7.86. The molecule has 1 amide bonds. The Morgan fingerprint density at radius 1 is 1.15 bits per heavy atom. The van der Waals surface area contributed by atoms with Crippen LogP contribution in [0, 0.1) is 6.92 Å². The third-order valence-corrected chi connectivity index (χ3v) is 3.92. The first-order valence-electron chi connectivity index (χ1n) is 7.86. The van der Waals surface area contributed by atoms with Crippen molar-refractivity contribution in [2.45, 2.75) is 46.0 Å². The minimum atomic E-state index is 0.183. The molecule has 0 unspecified atom stereocenters. The van der Waals surface area contributed by atoms with Gasteiger partial charge < -0.3 is 10.2 Å². The average molecular weight is 274 g/mol. The van der Waals surface area contributed by atoms with E-state index in [9.17, 15) is 4.79 Å². The highest BCUT2D eigenvalue weighted by Crippen LogP contribution is 2.21. The van der Waals surface area contributed by atoms with E-state index in [0.29, 0.717) is 0 Å². The van der Waals surface area contributed by atoms with Gasteiger partial charge in [0.2, 0.25) is 0 Å². The molecule has 1 aromatic carbocycles. The van der Waals surface area contributed by atoms with Crippen LogP contribution in [0.2, 0.25) is 0 Å². The van der Waals surface area contributed by atoms with Gasteiger partial charge in [-0.05, 0) is 44.4 Å². The number of rotatable bonds is 3. The predicted molar refractivity (Wildman–Crippen MR) is 84.3 cm³/mol. The Morgan fingerprint density at radius 2 is 1.80 bits per heavy atom. The van der Waals surface area contributed by atoms with Gasteiger partial charge in [0.15, 0.2) is 0 Å². The number of carbonyl (C=O) groups excluding carboxylic acids is 1. The Balaban J connectivity index is 2.18. The van der Waals surface area contributed by atoms with E-state index in [0.717, 1.165) is 43.7 Å². The summed E-state index contributed by atoms with van der Waals surface area (Å²) in [5.41, 5.74) is 2.97. The zero-order chi connectivity index (χ0) is 14.4. The predicted octanol–water partition coefficient (Wildman–Crippen LogP) is 3.83. The van der Waals surface area contributed by atoms with Crippen LogP contribution < -0.4 is 5.32 Å². The monoisotopic (exact) mass is 274 g/mol. The summed E-state index contributed by atoms with van der Waals surface area (Å²) in [5, 5.41) is 3.32. The zero-order valence-electron chi connectivity index (χ0n) is 12.7. The van der Waals surface area contributed by atoms with Gasteiger partial charge in [0.25, 0.3) is 5.91 Å². The minimum Gasteiger partial charge on any atom is -0.385 e. The molecule has 2 rings (SSSR count). The van der Waals surface area contributed by atoms with E-state index in [2.05, 4.69) is 25.2 Å². The van der Waals surface area contributed by atoms with E-state index in [1.807, 2.05) is 17.0 Å². The molecular formula is C17H26N2O. The average Bonchev–Trinajstić information content (AvgIpc) is 2.38. The van der Waals surface area contributed by atoms with Crippen LogP contribution in [0.25, 0.3) is 0 Å². The molecular weight excluding hydrogens is 248 g/mol. The van der Waals surface area contributed by atoms with Crippen molar-refractivity contribution in [3.05, 3.63) is 29.3 Å². The molecule has 110 valence electrons. The summed E-state index contributed by atoms with van der Waals surface area (Å²) < 4.78 is 0. The highest BCUT2D eigenvalue weighted by Gasteiger charge is 2.19. The highest BCUT2D eigenvalue weighted by atomic mass is 16.2. The Bertz CT molecular complexity index is 448. The van der Waals surface area contributed by atoms with Crippen molar-refractivity contribution in [2.75, 3.05) is 25.0 Å². The van der Waals surface area contributed by atoms with Crippen LogP contribution in [0.4, 0.5) is 5.69 Å². The Kier molecular flexibility index (Phi) is 5.45. The van der Waals surface area contributed by atoms with Gasteiger partial charge in [0.05, 0.1) is 5.56 Å². The maximum Gasteiger partial charge on any atom is 0.255 e. The highest BCUT2D eigenvalue weighted by molar-refractivity contribution is 5.99. The van der Waals surface area contributed by atoms with Crippen LogP contribution in [0.15, 0.2) is 18.2 Å². The molecule has 1 saturated heterocycles. The molecule has 0 radical (unpaired) electrons. The van der Waals surface area contributed by atoms with Gasteiger partial charge in [0, 0.05) is 25.3 Å². The number of carbonyl (C=O) groups is 1. The zero-order valence-corrected chi connectivity index (χ0v) is 12.7. The van der Waals surface area contributed by atoms with E-state index < -0.39 is 0 Å². The van der Waals surface area contributed by atoms with Crippen molar-refractivity contribution in [3.63, 3.8) is 0 Å². The van der Waals surface area contributed by atoms with Crippen molar-refractivity contribution in [2.24, 2.45) is 0 Å². The second kappa shape index (κ2) is 7.32. The number of benzene rings is 1. The number of aryl methyl sites for hydroxylation is 1. The topological polar surface area (TPSA) is 32.3 Å². The molecule has 0 spiro atoms. The molecule has 3 heteroatoms. The molecule has 0 bridgehead atoms. The molecule has 0 aliphatic carbocycles. The molecule has 0 aromatic heterocycles. The Labute approximate surface area is 122 Å². The molecule has 1 fully saturated rings. The van der Waals surface area contributed by atoms with E-state index in [4.69, 9.17) is 0 Å². The summed E-state index contributed by atoms with van der Waals surface area (Å²) in [6.07, 6.45) is 6.08. The molecule has 1 aliphatic heterocycles. The fourth-order valence-corrected chi connectivity index (χ4v) is 2.80. The number of nitrogens with one attached hydrogen (secondary N) is 1. The summed E-state index contributed by atoms with van der Waals surface area (Å²) in [4.78, 5) is 14.8. The van der Waals surface area contributed by atoms with Gasteiger partial charge >= 0.3 is 0 Å². The largest absolute Gasteiger partial charge is 0.385 e. The van der Waals surface area contributed by atoms with Gasteiger partial charge in [-0.1, -0.05) is 25.3 Å². The smallest absolute Gasteiger partial charge is 0.255 e. The van der Waals surface area contributed by atoms with Gasteiger partial charge in [-0.2, -0.15) is 0 Å². The van der Waals surface area contributed by atoms with Crippen LogP contribution in [0.5, 0.6) is 0 Å². The Morgan fingerprint density at radius 3 is 2.45 bits per heavy atom. The van der Waals surface area contributed by atoms with Crippen molar-refractivity contribution in [3.8, 4) is 0 Å². The van der Waals surface area contributed by atoms with Crippen LogP contribution in [-0.2, 0) is 0 Å². The van der Waals surface area contributed by atoms with Crippen LogP contribution >= 0.6 is 0 Å². The number of nitrogens with zero attached hydrogens (tertiary/aromatic N) is 1. The van der Waals surface area contributed by atoms with Crippen LogP contribution in [0.3, 0.4) is 0 Å². The second-order valence-electron chi connectivity index (χ2n) is 5.64. The maximum absolute atomic E-state index is 12.8. The summed E-state index contributed by atoms with van der Waals surface area (Å²) in [7, 11) is 0. The fourth-order valence-electron chi connectivity index (χ4n) is 2.80. The molecule has 1 N–H and O–H groups in total. The summed E-state index contributed by atoms with van der Waals surface area (Å²) >= 11 is 0. The summed E-state index contributed by atoms with van der Waals surface area (Å²) in [6, 6.07) is 6.06. The molecule has 3 nitrogen and oxygen atoms in total. The summed E-state index contributed by atoms with van der Waals surface area (Å²) in [5.74, 6) is 0.183.